The van der Waals surface area contributed by atoms with E-state index in [1.807, 2.05) is 29.8 Å². The lowest BCUT2D eigenvalue weighted by Crippen LogP contribution is -2.27. The molecule has 0 fully saturated rings. The Labute approximate surface area is 113 Å². The van der Waals surface area contributed by atoms with Crippen LogP contribution in [0, 0.1) is 12.7 Å². The summed E-state index contributed by atoms with van der Waals surface area (Å²) in [7, 11) is 0. The van der Waals surface area contributed by atoms with Crippen molar-refractivity contribution in [3.63, 3.8) is 0 Å². The van der Waals surface area contributed by atoms with Crippen molar-refractivity contribution in [1.29, 1.82) is 0 Å². The SMILES string of the molecule is CCCNC(Cn1nccc1C)c1ccccc1F. The van der Waals surface area contributed by atoms with E-state index < -0.39 is 0 Å². The molecule has 1 unspecified atom stereocenters. The highest BCUT2D eigenvalue weighted by Gasteiger charge is 2.16. The highest BCUT2D eigenvalue weighted by molar-refractivity contribution is 5.21. The maximum atomic E-state index is 13.9. The van der Waals surface area contributed by atoms with Crippen molar-refractivity contribution in [3.8, 4) is 0 Å². The van der Waals surface area contributed by atoms with E-state index in [2.05, 4.69) is 17.3 Å². The van der Waals surface area contributed by atoms with Crippen LogP contribution >= 0.6 is 0 Å². The Morgan fingerprint density at radius 2 is 2.11 bits per heavy atom. The number of hydrogen-bond donors (Lipinski definition) is 1. The average Bonchev–Trinajstić information content (AvgIpc) is 2.81. The topological polar surface area (TPSA) is 29.9 Å². The van der Waals surface area contributed by atoms with E-state index in [4.69, 9.17) is 0 Å². The van der Waals surface area contributed by atoms with Crippen LogP contribution in [0.3, 0.4) is 0 Å². The van der Waals surface area contributed by atoms with Crippen molar-refractivity contribution in [2.45, 2.75) is 32.9 Å². The number of nitrogens with zero attached hydrogens (tertiary/aromatic N) is 2. The Morgan fingerprint density at radius 1 is 1.32 bits per heavy atom. The second-order valence-corrected chi connectivity index (χ2v) is 4.68. The summed E-state index contributed by atoms with van der Waals surface area (Å²) in [5.74, 6) is -0.166. The largest absolute Gasteiger partial charge is 0.308 e. The fourth-order valence-electron chi connectivity index (χ4n) is 2.11. The van der Waals surface area contributed by atoms with Gasteiger partial charge in [-0.25, -0.2) is 4.39 Å². The number of benzene rings is 1. The van der Waals surface area contributed by atoms with Gasteiger partial charge in [0.05, 0.1) is 12.6 Å². The average molecular weight is 261 g/mol. The third-order valence-electron chi connectivity index (χ3n) is 3.21. The van der Waals surface area contributed by atoms with E-state index in [-0.39, 0.29) is 11.9 Å². The van der Waals surface area contributed by atoms with Crippen molar-refractivity contribution >= 4 is 0 Å². The van der Waals surface area contributed by atoms with Crippen LogP contribution in [0.5, 0.6) is 0 Å². The van der Waals surface area contributed by atoms with E-state index in [0.717, 1.165) is 18.7 Å². The molecule has 0 saturated heterocycles. The standard InChI is InChI=1S/C15H20FN3/c1-3-9-17-15(11-19-12(2)8-10-18-19)13-6-4-5-7-14(13)16/h4-8,10,15,17H,3,9,11H2,1-2H3. The summed E-state index contributed by atoms with van der Waals surface area (Å²) in [6.07, 6.45) is 2.79. The van der Waals surface area contributed by atoms with Crippen LogP contribution in [0.1, 0.15) is 30.6 Å². The van der Waals surface area contributed by atoms with Crippen LogP contribution in [-0.2, 0) is 6.54 Å². The highest BCUT2D eigenvalue weighted by Crippen LogP contribution is 2.19. The molecule has 0 aliphatic carbocycles. The van der Waals surface area contributed by atoms with Crippen molar-refractivity contribution in [1.82, 2.24) is 15.1 Å². The first kappa shape index (κ1) is 13.7. The summed E-state index contributed by atoms with van der Waals surface area (Å²) in [6.45, 7) is 5.61. The molecule has 1 aromatic heterocycles. The number of rotatable bonds is 6. The molecule has 19 heavy (non-hydrogen) atoms. The van der Waals surface area contributed by atoms with Gasteiger partial charge >= 0.3 is 0 Å². The number of aryl methyl sites for hydroxylation is 1. The number of aromatic nitrogens is 2. The van der Waals surface area contributed by atoms with Gasteiger partial charge in [-0.2, -0.15) is 5.10 Å². The first-order valence-corrected chi connectivity index (χ1v) is 6.68. The minimum atomic E-state index is -0.166. The fourth-order valence-corrected chi connectivity index (χ4v) is 2.11. The van der Waals surface area contributed by atoms with Crippen molar-refractivity contribution in [3.05, 3.63) is 53.6 Å². The lowest BCUT2D eigenvalue weighted by atomic mass is 10.1. The summed E-state index contributed by atoms with van der Waals surface area (Å²) in [5, 5.41) is 7.66. The maximum Gasteiger partial charge on any atom is 0.128 e. The predicted molar refractivity (Wildman–Crippen MR) is 74.4 cm³/mol. The molecule has 0 aliphatic rings. The molecule has 102 valence electrons. The van der Waals surface area contributed by atoms with Gasteiger partial charge in [0.25, 0.3) is 0 Å². The van der Waals surface area contributed by atoms with Crippen LogP contribution in [0.4, 0.5) is 4.39 Å². The molecule has 1 aromatic carbocycles. The molecule has 0 amide bonds. The molecule has 1 N–H and O–H groups in total. The Hall–Kier alpha value is -1.68. The van der Waals surface area contributed by atoms with Gasteiger partial charge in [0.15, 0.2) is 0 Å². The smallest absolute Gasteiger partial charge is 0.128 e. The zero-order chi connectivity index (χ0) is 13.7. The summed E-state index contributed by atoms with van der Waals surface area (Å²) in [5.41, 5.74) is 1.78. The van der Waals surface area contributed by atoms with Crippen LogP contribution in [-0.4, -0.2) is 16.3 Å². The second-order valence-electron chi connectivity index (χ2n) is 4.68. The molecule has 0 saturated carbocycles. The highest BCUT2D eigenvalue weighted by atomic mass is 19.1. The van der Waals surface area contributed by atoms with Gasteiger partial charge in [0, 0.05) is 17.5 Å². The summed E-state index contributed by atoms with van der Waals surface area (Å²) < 4.78 is 15.8. The first-order chi connectivity index (χ1) is 9.22. The third-order valence-corrected chi connectivity index (χ3v) is 3.21. The van der Waals surface area contributed by atoms with Gasteiger partial charge < -0.3 is 5.32 Å². The number of halogens is 1. The molecule has 0 radical (unpaired) electrons. The minimum Gasteiger partial charge on any atom is -0.308 e. The van der Waals surface area contributed by atoms with Gasteiger partial charge in [0.2, 0.25) is 0 Å². The second kappa shape index (κ2) is 6.48. The molecule has 3 nitrogen and oxygen atoms in total. The van der Waals surface area contributed by atoms with Crippen LogP contribution < -0.4 is 5.32 Å². The Morgan fingerprint density at radius 3 is 2.74 bits per heavy atom. The number of nitrogens with one attached hydrogen (secondary N) is 1. The van der Waals surface area contributed by atoms with Gasteiger partial charge in [0.1, 0.15) is 5.82 Å². The molecule has 0 aliphatic heterocycles. The zero-order valence-corrected chi connectivity index (χ0v) is 11.4. The molecule has 0 bridgehead atoms. The molecule has 1 heterocycles. The lowest BCUT2D eigenvalue weighted by Gasteiger charge is -2.20. The van der Waals surface area contributed by atoms with E-state index in [1.165, 1.54) is 6.07 Å². The molecule has 2 rings (SSSR count). The summed E-state index contributed by atoms with van der Waals surface area (Å²) >= 11 is 0. The van der Waals surface area contributed by atoms with Gasteiger partial charge in [-0.3, -0.25) is 4.68 Å². The maximum absolute atomic E-state index is 13.9. The van der Waals surface area contributed by atoms with Crippen LogP contribution in [0.15, 0.2) is 36.5 Å². The van der Waals surface area contributed by atoms with Crippen molar-refractivity contribution < 1.29 is 4.39 Å². The quantitative estimate of drug-likeness (QED) is 0.866. The Bertz CT molecular complexity index is 522. The van der Waals surface area contributed by atoms with E-state index >= 15 is 0 Å². The van der Waals surface area contributed by atoms with Crippen LogP contribution in [0.2, 0.25) is 0 Å². The fraction of sp³-hybridized carbons (Fsp3) is 0.400. The predicted octanol–water partition coefficient (Wildman–Crippen LogP) is 3.07. The van der Waals surface area contributed by atoms with Gasteiger partial charge in [-0.1, -0.05) is 25.1 Å². The molecule has 0 spiro atoms. The molecule has 4 heteroatoms. The van der Waals surface area contributed by atoms with E-state index in [0.29, 0.717) is 12.1 Å². The molecular formula is C15H20FN3. The molecular weight excluding hydrogens is 241 g/mol. The monoisotopic (exact) mass is 261 g/mol. The summed E-state index contributed by atoms with van der Waals surface area (Å²) in [6, 6.07) is 8.83. The van der Waals surface area contributed by atoms with E-state index in [9.17, 15) is 4.39 Å². The van der Waals surface area contributed by atoms with Gasteiger partial charge in [-0.15, -0.1) is 0 Å². The number of hydrogen-bond acceptors (Lipinski definition) is 2. The third kappa shape index (κ3) is 3.41. The molecule has 1 atom stereocenters. The van der Waals surface area contributed by atoms with Crippen molar-refractivity contribution in [2.75, 3.05) is 6.54 Å². The lowest BCUT2D eigenvalue weighted by molar-refractivity contribution is 0.419. The Balaban J connectivity index is 2.21. The zero-order valence-electron chi connectivity index (χ0n) is 11.4. The molecule has 2 aromatic rings. The Kier molecular flexibility index (Phi) is 4.68. The van der Waals surface area contributed by atoms with Gasteiger partial charge in [-0.05, 0) is 32.0 Å². The minimum absolute atomic E-state index is 0.0558. The van der Waals surface area contributed by atoms with E-state index in [1.54, 1.807) is 12.3 Å². The summed E-state index contributed by atoms with van der Waals surface area (Å²) in [4.78, 5) is 0. The first-order valence-electron chi connectivity index (χ1n) is 6.68. The van der Waals surface area contributed by atoms with Crippen molar-refractivity contribution in [2.24, 2.45) is 0 Å². The normalized spacial score (nSPS) is 12.6. The van der Waals surface area contributed by atoms with Crippen LogP contribution in [0.25, 0.3) is 0 Å².